The lowest BCUT2D eigenvalue weighted by Crippen LogP contribution is -2.18. The normalized spacial score (nSPS) is 10.8. The van der Waals surface area contributed by atoms with Gasteiger partial charge in [-0.3, -0.25) is 4.74 Å². The molecule has 0 unspecified atom stereocenters. The number of nitrogens with two attached hydrogens (primary N) is 1. The SMILES string of the molecule is Cl.NOCCOC(F)(F)F. The highest BCUT2D eigenvalue weighted by atomic mass is 35.5. The van der Waals surface area contributed by atoms with Crippen molar-refractivity contribution in [2.24, 2.45) is 5.90 Å². The van der Waals surface area contributed by atoms with Gasteiger partial charge in [0, 0.05) is 0 Å². The van der Waals surface area contributed by atoms with Crippen molar-refractivity contribution in [3.05, 3.63) is 0 Å². The fourth-order valence-electron chi connectivity index (χ4n) is 0.206. The molecule has 10 heavy (non-hydrogen) atoms. The van der Waals surface area contributed by atoms with Crippen LogP contribution in [0.1, 0.15) is 0 Å². The van der Waals surface area contributed by atoms with Gasteiger partial charge in [-0.1, -0.05) is 0 Å². The number of rotatable bonds is 3. The molecule has 0 rings (SSSR count). The van der Waals surface area contributed by atoms with Crippen molar-refractivity contribution in [1.29, 1.82) is 0 Å². The van der Waals surface area contributed by atoms with E-state index in [0.717, 1.165) is 0 Å². The second-order valence-corrected chi connectivity index (χ2v) is 1.16. The summed E-state index contributed by atoms with van der Waals surface area (Å²) in [6, 6.07) is 0. The lowest BCUT2D eigenvalue weighted by Gasteiger charge is -2.04. The average molecular weight is 182 g/mol. The Morgan fingerprint density at radius 2 is 1.70 bits per heavy atom. The third kappa shape index (κ3) is 10.9. The van der Waals surface area contributed by atoms with Gasteiger partial charge in [0.15, 0.2) is 0 Å². The summed E-state index contributed by atoms with van der Waals surface area (Å²) in [4.78, 5) is 3.81. The summed E-state index contributed by atoms with van der Waals surface area (Å²) < 4.78 is 36.4. The maximum Gasteiger partial charge on any atom is 0.522 e. The summed E-state index contributed by atoms with van der Waals surface area (Å²) in [6.45, 7) is -0.834. The zero-order valence-electron chi connectivity index (χ0n) is 4.85. The standard InChI is InChI=1S/C3H6F3NO2.ClH/c4-3(5,6)8-1-2-9-7;/h1-2,7H2;1H. The predicted molar refractivity (Wildman–Crippen MR) is 29.4 cm³/mol. The molecule has 0 aromatic heterocycles. The van der Waals surface area contributed by atoms with E-state index in [1.54, 1.807) is 0 Å². The minimum atomic E-state index is -4.58. The fraction of sp³-hybridized carbons (Fsp3) is 1.00. The minimum Gasteiger partial charge on any atom is -0.302 e. The van der Waals surface area contributed by atoms with Crippen molar-refractivity contribution >= 4 is 12.4 Å². The van der Waals surface area contributed by atoms with E-state index in [2.05, 4.69) is 15.5 Å². The van der Waals surface area contributed by atoms with Gasteiger partial charge < -0.3 is 4.84 Å². The number of hydrogen-bond acceptors (Lipinski definition) is 3. The van der Waals surface area contributed by atoms with Crippen molar-refractivity contribution in [2.45, 2.75) is 6.36 Å². The molecule has 0 saturated heterocycles. The highest BCUT2D eigenvalue weighted by molar-refractivity contribution is 5.85. The summed E-state index contributed by atoms with van der Waals surface area (Å²) in [7, 11) is 0. The molecule has 0 aromatic rings. The van der Waals surface area contributed by atoms with Crippen LogP contribution in [-0.2, 0) is 9.57 Å². The zero-order chi connectivity index (χ0) is 7.33. The van der Waals surface area contributed by atoms with Crippen LogP contribution in [0.25, 0.3) is 0 Å². The van der Waals surface area contributed by atoms with Crippen LogP contribution < -0.4 is 5.90 Å². The van der Waals surface area contributed by atoms with Crippen LogP contribution in [0, 0.1) is 0 Å². The predicted octanol–water partition coefficient (Wildman–Crippen LogP) is 0.835. The van der Waals surface area contributed by atoms with Crippen LogP contribution in [0.2, 0.25) is 0 Å². The van der Waals surface area contributed by atoms with E-state index in [-0.39, 0.29) is 19.0 Å². The molecule has 0 saturated carbocycles. The van der Waals surface area contributed by atoms with E-state index in [9.17, 15) is 13.2 Å². The molecule has 0 fully saturated rings. The molecular weight excluding hydrogens is 174 g/mol. The van der Waals surface area contributed by atoms with Gasteiger partial charge >= 0.3 is 6.36 Å². The molecule has 2 N–H and O–H groups in total. The molecule has 7 heteroatoms. The molecule has 0 amide bonds. The minimum absolute atomic E-state index is 0. The van der Waals surface area contributed by atoms with Gasteiger partial charge in [-0.2, -0.15) is 0 Å². The molecule has 64 valence electrons. The highest BCUT2D eigenvalue weighted by Crippen LogP contribution is 2.15. The Hall–Kier alpha value is -0.0400. The molecule has 0 radical (unpaired) electrons. The first-order valence-electron chi connectivity index (χ1n) is 2.08. The smallest absolute Gasteiger partial charge is 0.302 e. The fourth-order valence-corrected chi connectivity index (χ4v) is 0.206. The van der Waals surface area contributed by atoms with Gasteiger partial charge in [-0.05, 0) is 0 Å². The number of halogens is 4. The molecule has 0 bridgehead atoms. The van der Waals surface area contributed by atoms with E-state index in [4.69, 9.17) is 0 Å². The lowest BCUT2D eigenvalue weighted by atomic mass is 10.8. The Labute approximate surface area is 61.6 Å². The van der Waals surface area contributed by atoms with Gasteiger partial charge in [0.2, 0.25) is 0 Å². The number of ether oxygens (including phenoxy) is 1. The quantitative estimate of drug-likeness (QED) is 0.518. The molecule has 0 aliphatic carbocycles. The molecule has 0 heterocycles. The van der Waals surface area contributed by atoms with Crippen LogP contribution in [-0.4, -0.2) is 19.6 Å². The van der Waals surface area contributed by atoms with Crippen LogP contribution in [0.3, 0.4) is 0 Å². The maximum absolute atomic E-state index is 11.1. The van der Waals surface area contributed by atoms with Crippen LogP contribution in [0.5, 0.6) is 0 Å². The largest absolute Gasteiger partial charge is 0.522 e. The average Bonchev–Trinajstić information content (AvgIpc) is 1.63. The molecule has 3 nitrogen and oxygen atoms in total. The van der Waals surface area contributed by atoms with E-state index < -0.39 is 13.0 Å². The molecule has 0 aliphatic rings. The third-order valence-corrected chi connectivity index (χ3v) is 0.467. The summed E-state index contributed by atoms with van der Waals surface area (Å²) in [5.41, 5.74) is 0. The van der Waals surface area contributed by atoms with Gasteiger partial charge in [0.1, 0.15) is 0 Å². The van der Waals surface area contributed by atoms with Gasteiger partial charge in [0.25, 0.3) is 0 Å². The Kier molecular flexibility index (Phi) is 7.22. The molecular formula is C3H7ClF3NO2. The maximum atomic E-state index is 11.1. The van der Waals surface area contributed by atoms with Crippen molar-refractivity contribution in [1.82, 2.24) is 0 Å². The Morgan fingerprint density at radius 1 is 1.20 bits per heavy atom. The summed E-state index contributed by atoms with van der Waals surface area (Å²) >= 11 is 0. The van der Waals surface area contributed by atoms with Crippen molar-refractivity contribution in [3.63, 3.8) is 0 Å². The molecule has 0 aromatic carbocycles. The first-order chi connectivity index (χ1) is 4.06. The van der Waals surface area contributed by atoms with Crippen LogP contribution in [0.4, 0.5) is 13.2 Å². The van der Waals surface area contributed by atoms with Crippen molar-refractivity contribution < 1.29 is 22.7 Å². The lowest BCUT2D eigenvalue weighted by molar-refractivity contribution is -0.327. The molecule has 0 atom stereocenters. The van der Waals surface area contributed by atoms with E-state index in [0.29, 0.717) is 0 Å². The topological polar surface area (TPSA) is 44.5 Å². The van der Waals surface area contributed by atoms with Gasteiger partial charge in [0.05, 0.1) is 13.2 Å². The molecule has 0 spiro atoms. The monoisotopic (exact) mass is 181 g/mol. The van der Waals surface area contributed by atoms with Crippen LogP contribution in [0.15, 0.2) is 0 Å². The number of alkyl halides is 3. The first kappa shape index (κ1) is 12.6. The van der Waals surface area contributed by atoms with Crippen LogP contribution >= 0.6 is 12.4 Å². The molecule has 0 aliphatic heterocycles. The first-order valence-corrected chi connectivity index (χ1v) is 2.08. The van der Waals surface area contributed by atoms with Crippen molar-refractivity contribution in [2.75, 3.05) is 13.2 Å². The Bertz CT molecular complexity index is 78.6. The van der Waals surface area contributed by atoms with Crippen molar-refractivity contribution in [3.8, 4) is 0 Å². The van der Waals surface area contributed by atoms with E-state index >= 15 is 0 Å². The van der Waals surface area contributed by atoms with E-state index in [1.165, 1.54) is 0 Å². The Morgan fingerprint density at radius 3 is 2.00 bits per heavy atom. The zero-order valence-corrected chi connectivity index (χ0v) is 5.67. The third-order valence-electron chi connectivity index (χ3n) is 0.467. The summed E-state index contributed by atoms with van der Waals surface area (Å²) in [5.74, 6) is 4.41. The second kappa shape index (κ2) is 5.72. The summed E-state index contributed by atoms with van der Waals surface area (Å²) in [6.07, 6.45) is -4.58. The van der Waals surface area contributed by atoms with E-state index in [1.807, 2.05) is 0 Å². The second-order valence-electron chi connectivity index (χ2n) is 1.16. The Balaban J connectivity index is 0. The number of hydrogen-bond donors (Lipinski definition) is 1. The highest BCUT2D eigenvalue weighted by Gasteiger charge is 2.28. The van der Waals surface area contributed by atoms with Gasteiger partial charge in [-0.25, -0.2) is 5.90 Å². The van der Waals surface area contributed by atoms with Gasteiger partial charge in [-0.15, -0.1) is 25.6 Å². The summed E-state index contributed by atoms with van der Waals surface area (Å²) in [5, 5.41) is 0.